The topological polar surface area (TPSA) is 62.5 Å². The minimum absolute atomic E-state index is 0.0956. The molecule has 0 fully saturated rings. The van der Waals surface area contributed by atoms with Crippen molar-refractivity contribution in [1.82, 2.24) is 5.32 Å². The summed E-state index contributed by atoms with van der Waals surface area (Å²) in [7, 11) is 0. The van der Waals surface area contributed by atoms with Gasteiger partial charge in [-0.3, -0.25) is 4.79 Å². The maximum Gasteiger partial charge on any atom is 0.220 e. The molecule has 1 aromatic heterocycles. The van der Waals surface area contributed by atoms with Gasteiger partial charge in [0, 0.05) is 35.0 Å². The van der Waals surface area contributed by atoms with Gasteiger partial charge >= 0.3 is 0 Å². The van der Waals surface area contributed by atoms with E-state index in [0.717, 1.165) is 5.76 Å². The fourth-order valence-corrected chi connectivity index (χ4v) is 2.41. The van der Waals surface area contributed by atoms with Crippen LogP contribution in [-0.2, 0) is 11.2 Å². The molecule has 1 atom stereocenters. The van der Waals surface area contributed by atoms with Crippen LogP contribution >= 0.6 is 23.2 Å². The standard InChI is InChI=1S/C15H15Cl2NO3/c16-10-3-5-12(13(17)8-10)14(19)9-18-15(20)6-4-11-2-1-7-21-11/h1-3,5,7-8,14,19H,4,6,9H2,(H,18,20)/t14-/m1/s1. The molecule has 0 unspecified atom stereocenters. The molecular formula is C15H15Cl2NO3. The number of nitrogens with one attached hydrogen (secondary N) is 1. The highest BCUT2D eigenvalue weighted by atomic mass is 35.5. The molecule has 2 N–H and O–H groups in total. The summed E-state index contributed by atoms with van der Waals surface area (Å²) in [6.07, 6.45) is 1.52. The third-order valence-corrected chi connectivity index (χ3v) is 3.56. The summed E-state index contributed by atoms with van der Waals surface area (Å²) in [5, 5.41) is 13.6. The van der Waals surface area contributed by atoms with Crippen molar-refractivity contribution in [3.8, 4) is 0 Å². The van der Waals surface area contributed by atoms with E-state index in [4.69, 9.17) is 27.6 Å². The predicted octanol–water partition coefficient (Wildman–Crippen LogP) is 3.37. The van der Waals surface area contributed by atoms with E-state index in [1.165, 1.54) is 0 Å². The number of carbonyl (C=O) groups is 1. The Balaban J connectivity index is 1.80. The number of aliphatic hydroxyl groups excluding tert-OH is 1. The van der Waals surface area contributed by atoms with E-state index in [2.05, 4.69) is 5.32 Å². The van der Waals surface area contributed by atoms with E-state index in [-0.39, 0.29) is 12.5 Å². The number of hydrogen-bond donors (Lipinski definition) is 2. The lowest BCUT2D eigenvalue weighted by Crippen LogP contribution is -2.28. The van der Waals surface area contributed by atoms with Gasteiger partial charge in [0.25, 0.3) is 0 Å². The lowest BCUT2D eigenvalue weighted by molar-refractivity contribution is -0.121. The second-order valence-electron chi connectivity index (χ2n) is 4.57. The molecule has 21 heavy (non-hydrogen) atoms. The normalized spacial score (nSPS) is 12.1. The number of amides is 1. The maximum absolute atomic E-state index is 11.7. The van der Waals surface area contributed by atoms with Crippen LogP contribution in [0.3, 0.4) is 0 Å². The monoisotopic (exact) mass is 327 g/mol. The zero-order valence-corrected chi connectivity index (χ0v) is 12.7. The Bertz CT molecular complexity index is 599. The van der Waals surface area contributed by atoms with Crippen LogP contribution in [0.25, 0.3) is 0 Å². The molecule has 0 radical (unpaired) electrons. The summed E-state index contributed by atoms with van der Waals surface area (Å²) in [4.78, 5) is 11.7. The van der Waals surface area contributed by atoms with Crippen LogP contribution in [0.5, 0.6) is 0 Å². The zero-order chi connectivity index (χ0) is 15.2. The molecule has 1 amide bonds. The van der Waals surface area contributed by atoms with Crippen LogP contribution in [-0.4, -0.2) is 17.6 Å². The van der Waals surface area contributed by atoms with E-state index in [1.807, 2.05) is 6.07 Å². The van der Waals surface area contributed by atoms with Crippen molar-refractivity contribution < 1.29 is 14.3 Å². The second kappa shape index (κ2) is 7.50. The number of aliphatic hydroxyl groups is 1. The summed E-state index contributed by atoms with van der Waals surface area (Å²) < 4.78 is 5.15. The molecule has 4 nitrogen and oxygen atoms in total. The largest absolute Gasteiger partial charge is 0.469 e. The van der Waals surface area contributed by atoms with Gasteiger partial charge in [-0.15, -0.1) is 0 Å². The Morgan fingerprint density at radius 1 is 1.33 bits per heavy atom. The molecule has 0 aliphatic rings. The van der Waals surface area contributed by atoms with Gasteiger partial charge in [-0.25, -0.2) is 0 Å². The van der Waals surface area contributed by atoms with Crippen molar-refractivity contribution >= 4 is 29.1 Å². The molecule has 112 valence electrons. The van der Waals surface area contributed by atoms with E-state index in [9.17, 15) is 9.90 Å². The Hall–Kier alpha value is -1.49. The van der Waals surface area contributed by atoms with Gasteiger partial charge in [0.2, 0.25) is 5.91 Å². The SMILES string of the molecule is O=C(CCc1ccco1)NC[C@@H](O)c1ccc(Cl)cc1Cl. The van der Waals surface area contributed by atoms with Crippen LogP contribution in [0.1, 0.15) is 23.8 Å². The molecule has 0 saturated carbocycles. The molecule has 1 aromatic carbocycles. The number of carbonyl (C=O) groups excluding carboxylic acids is 1. The number of aryl methyl sites for hydroxylation is 1. The van der Waals surface area contributed by atoms with Gasteiger partial charge in [-0.2, -0.15) is 0 Å². The lowest BCUT2D eigenvalue weighted by atomic mass is 10.1. The fraction of sp³-hybridized carbons (Fsp3) is 0.267. The highest BCUT2D eigenvalue weighted by molar-refractivity contribution is 6.35. The van der Waals surface area contributed by atoms with E-state index < -0.39 is 6.10 Å². The zero-order valence-electron chi connectivity index (χ0n) is 11.2. The summed E-state index contributed by atoms with van der Waals surface area (Å²) in [6, 6.07) is 8.44. The van der Waals surface area contributed by atoms with Gasteiger partial charge in [0.1, 0.15) is 5.76 Å². The number of rotatable bonds is 6. The first-order valence-electron chi connectivity index (χ1n) is 6.48. The number of benzene rings is 1. The third kappa shape index (κ3) is 4.77. The summed E-state index contributed by atoms with van der Waals surface area (Å²) >= 11 is 11.8. The molecule has 2 aromatic rings. The first-order valence-corrected chi connectivity index (χ1v) is 7.24. The summed E-state index contributed by atoms with van der Waals surface area (Å²) in [5.41, 5.74) is 0.535. The lowest BCUT2D eigenvalue weighted by Gasteiger charge is -2.14. The van der Waals surface area contributed by atoms with Crippen molar-refractivity contribution in [2.45, 2.75) is 18.9 Å². The second-order valence-corrected chi connectivity index (χ2v) is 5.41. The molecule has 0 saturated heterocycles. The first kappa shape index (κ1) is 15.9. The molecule has 2 rings (SSSR count). The number of furan rings is 1. The first-order chi connectivity index (χ1) is 10.1. The number of hydrogen-bond acceptors (Lipinski definition) is 3. The Morgan fingerprint density at radius 3 is 2.81 bits per heavy atom. The van der Waals surface area contributed by atoms with Crippen molar-refractivity contribution in [2.24, 2.45) is 0 Å². The van der Waals surface area contributed by atoms with Crippen molar-refractivity contribution in [3.05, 3.63) is 58.0 Å². The highest BCUT2D eigenvalue weighted by Gasteiger charge is 2.13. The van der Waals surface area contributed by atoms with Crippen LogP contribution in [0.2, 0.25) is 10.0 Å². The highest BCUT2D eigenvalue weighted by Crippen LogP contribution is 2.25. The molecular weight excluding hydrogens is 313 g/mol. The van der Waals surface area contributed by atoms with Gasteiger partial charge in [-0.1, -0.05) is 29.3 Å². The van der Waals surface area contributed by atoms with Gasteiger partial charge < -0.3 is 14.8 Å². The van der Waals surface area contributed by atoms with Crippen molar-refractivity contribution in [2.75, 3.05) is 6.54 Å². The molecule has 1 heterocycles. The minimum Gasteiger partial charge on any atom is -0.469 e. The molecule has 6 heteroatoms. The predicted molar refractivity (Wildman–Crippen MR) is 81.5 cm³/mol. The van der Waals surface area contributed by atoms with Crippen LogP contribution in [0, 0.1) is 0 Å². The Labute approximate surface area is 132 Å². The van der Waals surface area contributed by atoms with E-state index >= 15 is 0 Å². The molecule has 0 bridgehead atoms. The molecule has 0 spiro atoms. The Kier molecular flexibility index (Phi) is 5.67. The van der Waals surface area contributed by atoms with Crippen molar-refractivity contribution in [3.63, 3.8) is 0 Å². The Morgan fingerprint density at radius 2 is 2.14 bits per heavy atom. The van der Waals surface area contributed by atoms with Gasteiger partial charge in [0.05, 0.1) is 12.4 Å². The average Bonchev–Trinajstić information content (AvgIpc) is 2.95. The third-order valence-electron chi connectivity index (χ3n) is 2.99. The maximum atomic E-state index is 11.7. The van der Waals surface area contributed by atoms with Crippen molar-refractivity contribution in [1.29, 1.82) is 0 Å². The summed E-state index contributed by atoms with van der Waals surface area (Å²) in [5.74, 6) is 0.599. The van der Waals surface area contributed by atoms with Gasteiger partial charge in [-0.05, 0) is 24.3 Å². The number of halogens is 2. The van der Waals surface area contributed by atoms with Crippen LogP contribution in [0.15, 0.2) is 41.0 Å². The smallest absolute Gasteiger partial charge is 0.220 e. The fourth-order valence-electron chi connectivity index (χ4n) is 1.87. The van der Waals surface area contributed by atoms with E-state index in [0.29, 0.717) is 28.5 Å². The quantitative estimate of drug-likeness (QED) is 0.855. The summed E-state index contributed by atoms with van der Waals surface area (Å²) in [6.45, 7) is 0.0956. The average molecular weight is 328 g/mol. The van der Waals surface area contributed by atoms with Crippen LogP contribution in [0.4, 0.5) is 0 Å². The minimum atomic E-state index is -0.873. The van der Waals surface area contributed by atoms with Crippen LogP contribution < -0.4 is 5.32 Å². The van der Waals surface area contributed by atoms with Gasteiger partial charge in [0.15, 0.2) is 0 Å². The van der Waals surface area contributed by atoms with E-state index in [1.54, 1.807) is 30.5 Å². The molecule has 0 aliphatic carbocycles. The molecule has 0 aliphatic heterocycles.